The quantitative estimate of drug-likeness (QED) is 0.289. The molecular weight excluding hydrogens is 436 g/mol. The molecule has 3 nitrogen and oxygen atoms in total. The Kier molecular flexibility index (Phi) is 8.65. The van der Waals surface area contributed by atoms with Crippen molar-refractivity contribution in [1.29, 1.82) is 0 Å². The second-order valence-corrected chi connectivity index (χ2v) is 17.2. The lowest BCUT2D eigenvalue weighted by Gasteiger charge is -2.38. The molecule has 0 fully saturated rings. The van der Waals surface area contributed by atoms with E-state index in [9.17, 15) is 4.21 Å². The van der Waals surface area contributed by atoms with E-state index in [1.807, 2.05) is 26.8 Å². The Morgan fingerprint density at radius 3 is 2.07 bits per heavy atom. The summed E-state index contributed by atoms with van der Waals surface area (Å²) in [6.07, 6.45) is 3.35. The Morgan fingerprint density at radius 1 is 1.15 bits per heavy atom. The summed E-state index contributed by atoms with van der Waals surface area (Å²) in [6, 6.07) is 1.93. The van der Waals surface area contributed by atoms with Gasteiger partial charge in [0.1, 0.15) is 24.8 Å². The molecular formula is C21H33BrN2OSSi. The zero-order valence-electron chi connectivity index (χ0n) is 18.1. The summed E-state index contributed by atoms with van der Waals surface area (Å²) in [6.45, 7) is 19.5. The number of hydrogen-bond acceptors (Lipinski definition) is 2. The number of aromatic nitrogens is 1. The summed E-state index contributed by atoms with van der Waals surface area (Å²) < 4.78 is 16.7. The van der Waals surface area contributed by atoms with Crippen LogP contribution in [0.4, 0.5) is 0 Å². The Morgan fingerprint density at radius 2 is 1.67 bits per heavy atom. The molecule has 1 atom stereocenters. The summed E-state index contributed by atoms with van der Waals surface area (Å²) in [5.74, 6) is 3.36. The van der Waals surface area contributed by atoms with E-state index in [4.69, 9.17) is 0 Å². The van der Waals surface area contributed by atoms with Crippen LogP contribution in [0, 0.1) is 11.5 Å². The third-order valence-electron chi connectivity index (χ3n) is 4.95. The van der Waals surface area contributed by atoms with Crippen LogP contribution in [-0.2, 0) is 11.0 Å². The van der Waals surface area contributed by atoms with Gasteiger partial charge in [-0.25, -0.2) is 9.19 Å². The predicted molar refractivity (Wildman–Crippen MR) is 125 cm³/mol. The van der Waals surface area contributed by atoms with Gasteiger partial charge in [0.15, 0.2) is 0 Å². The van der Waals surface area contributed by atoms with Crippen molar-refractivity contribution in [3.63, 3.8) is 0 Å². The Labute approximate surface area is 177 Å². The van der Waals surface area contributed by atoms with Crippen molar-refractivity contribution in [3.8, 4) is 11.5 Å². The zero-order valence-corrected chi connectivity index (χ0v) is 21.5. The van der Waals surface area contributed by atoms with E-state index in [0.717, 1.165) is 15.7 Å². The highest BCUT2D eigenvalue weighted by molar-refractivity contribution is 9.10. The van der Waals surface area contributed by atoms with E-state index in [1.54, 1.807) is 12.4 Å². The first-order valence-corrected chi connectivity index (χ1v) is 13.6. The van der Waals surface area contributed by atoms with Crippen molar-refractivity contribution < 1.29 is 4.21 Å². The average Bonchev–Trinajstić information content (AvgIpc) is 2.52. The summed E-state index contributed by atoms with van der Waals surface area (Å²) in [5.41, 5.74) is 7.01. The first-order chi connectivity index (χ1) is 12.3. The Bertz CT molecular complexity index is 749. The van der Waals surface area contributed by atoms with E-state index in [2.05, 4.69) is 78.3 Å². The SMILES string of the molecule is CC(C)[Si](C#Cc1ncc(/C=N/[S@](=O)C(C)(C)C)cc1Br)(C(C)C)C(C)C. The molecule has 1 aromatic rings. The van der Waals surface area contributed by atoms with E-state index < -0.39 is 19.1 Å². The van der Waals surface area contributed by atoms with Gasteiger partial charge in [-0.05, 0) is 59.4 Å². The van der Waals surface area contributed by atoms with Gasteiger partial charge in [0.05, 0.1) is 9.22 Å². The maximum Gasteiger partial charge on any atom is 0.146 e. The fourth-order valence-corrected chi connectivity index (χ4v) is 9.68. The molecule has 1 rings (SSSR count). The van der Waals surface area contributed by atoms with Crippen LogP contribution in [-0.4, -0.2) is 28.2 Å². The molecule has 6 heteroatoms. The largest absolute Gasteiger partial charge is 0.246 e. The molecule has 0 saturated heterocycles. The highest BCUT2D eigenvalue weighted by Crippen LogP contribution is 2.40. The lowest BCUT2D eigenvalue weighted by molar-refractivity contribution is 0.651. The van der Waals surface area contributed by atoms with E-state index in [1.165, 1.54) is 0 Å². The number of halogens is 1. The van der Waals surface area contributed by atoms with Crippen LogP contribution in [0.2, 0.25) is 16.6 Å². The smallest absolute Gasteiger partial charge is 0.146 e. The molecule has 0 N–H and O–H groups in total. The summed E-state index contributed by atoms with van der Waals surface area (Å²) >= 11 is 3.59. The van der Waals surface area contributed by atoms with E-state index in [-0.39, 0.29) is 4.75 Å². The minimum Gasteiger partial charge on any atom is -0.246 e. The average molecular weight is 470 g/mol. The molecule has 0 aromatic carbocycles. The summed E-state index contributed by atoms with van der Waals surface area (Å²) in [4.78, 5) is 4.51. The van der Waals surface area contributed by atoms with Gasteiger partial charge in [-0.1, -0.05) is 47.5 Å². The molecule has 0 saturated carbocycles. The topological polar surface area (TPSA) is 42.3 Å². The molecule has 0 aliphatic heterocycles. The second kappa shape index (κ2) is 9.62. The van der Waals surface area contributed by atoms with Gasteiger partial charge >= 0.3 is 0 Å². The lowest BCUT2D eigenvalue weighted by atomic mass is 10.3. The van der Waals surface area contributed by atoms with Crippen molar-refractivity contribution in [2.75, 3.05) is 0 Å². The van der Waals surface area contributed by atoms with E-state index in [0.29, 0.717) is 16.6 Å². The van der Waals surface area contributed by atoms with Crippen molar-refractivity contribution in [1.82, 2.24) is 4.98 Å². The number of rotatable bonds is 5. The molecule has 0 amide bonds. The third kappa shape index (κ3) is 6.10. The summed E-state index contributed by atoms with van der Waals surface area (Å²) in [7, 11) is -3.06. The second-order valence-electron chi connectivity index (χ2n) is 8.84. The molecule has 150 valence electrons. The van der Waals surface area contributed by atoms with Gasteiger partial charge in [-0.3, -0.25) is 0 Å². The van der Waals surface area contributed by atoms with E-state index >= 15 is 0 Å². The third-order valence-corrected chi connectivity index (χ3v) is 13.2. The molecule has 0 radical (unpaired) electrons. The van der Waals surface area contributed by atoms with Crippen LogP contribution in [0.3, 0.4) is 0 Å². The molecule has 1 heterocycles. The van der Waals surface area contributed by atoms with Crippen molar-refractivity contribution >= 4 is 41.2 Å². The van der Waals surface area contributed by atoms with Gasteiger partial charge in [0.25, 0.3) is 0 Å². The number of pyridine rings is 1. The minimum absolute atomic E-state index is 0.370. The fraction of sp³-hybridized carbons (Fsp3) is 0.619. The van der Waals surface area contributed by atoms with Crippen LogP contribution in [0.1, 0.15) is 73.6 Å². The van der Waals surface area contributed by atoms with Gasteiger partial charge < -0.3 is 0 Å². The molecule has 1 aromatic heterocycles. The number of nitrogens with zero attached hydrogens (tertiary/aromatic N) is 2. The van der Waals surface area contributed by atoms with Crippen LogP contribution < -0.4 is 0 Å². The van der Waals surface area contributed by atoms with Crippen LogP contribution in [0.5, 0.6) is 0 Å². The van der Waals surface area contributed by atoms with Crippen LogP contribution in [0.15, 0.2) is 21.1 Å². The first kappa shape index (κ1) is 24.3. The van der Waals surface area contributed by atoms with Crippen molar-refractivity contribution in [2.24, 2.45) is 4.40 Å². The zero-order chi connectivity index (χ0) is 21.0. The van der Waals surface area contributed by atoms with Crippen molar-refractivity contribution in [3.05, 3.63) is 28.0 Å². The molecule has 0 spiro atoms. The molecule has 0 unspecified atom stereocenters. The van der Waals surface area contributed by atoms with Gasteiger partial charge in [0.2, 0.25) is 0 Å². The first-order valence-electron chi connectivity index (χ1n) is 9.47. The standard InChI is InChI=1S/C21H33BrN2OSSi/c1-15(2)27(16(3)4,17(5)6)11-10-20-19(22)12-18(13-23-20)14-24-26(25)21(7,8)9/h12-17H,1-9H3/b24-14+/t26-/m1/s1. The molecule has 0 aliphatic carbocycles. The van der Waals surface area contributed by atoms with Crippen LogP contribution >= 0.6 is 15.9 Å². The minimum atomic E-state index is -1.79. The summed E-state index contributed by atoms with van der Waals surface area (Å²) in [5, 5.41) is 0. The number of hydrogen-bond donors (Lipinski definition) is 0. The fourth-order valence-electron chi connectivity index (χ4n) is 3.48. The maximum atomic E-state index is 12.1. The highest BCUT2D eigenvalue weighted by Gasteiger charge is 2.41. The lowest BCUT2D eigenvalue weighted by Crippen LogP contribution is -2.43. The van der Waals surface area contributed by atoms with Gasteiger partial charge in [-0.15, -0.1) is 5.54 Å². The molecule has 0 aliphatic rings. The van der Waals surface area contributed by atoms with Crippen LogP contribution in [0.25, 0.3) is 0 Å². The molecule has 0 bridgehead atoms. The van der Waals surface area contributed by atoms with Gasteiger partial charge in [-0.2, -0.15) is 4.40 Å². The normalized spacial score (nSPS) is 14.1. The van der Waals surface area contributed by atoms with Gasteiger partial charge in [0, 0.05) is 18.0 Å². The highest BCUT2D eigenvalue weighted by atomic mass is 79.9. The Balaban J connectivity index is 3.21. The maximum absolute atomic E-state index is 12.1. The van der Waals surface area contributed by atoms with Crippen molar-refractivity contribution in [2.45, 2.75) is 83.7 Å². The Hall–Kier alpha value is -0.773. The predicted octanol–water partition coefficient (Wildman–Crippen LogP) is 6.29. The molecule has 27 heavy (non-hydrogen) atoms. The monoisotopic (exact) mass is 468 g/mol.